The van der Waals surface area contributed by atoms with Crippen LogP contribution in [0.25, 0.3) is 22.3 Å². The van der Waals surface area contributed by atoms with Crippen LogP contribution in [-0.4, -0.2) is 53.1 Å². The van der Waals surface area contributed by atoms with Gasteiger partial charge in [-0.25, -0.2) is 9.97 Å². The molecule has 2 aliphatic rings. The summed E-state index contributed by atoms with van der Waals surface area (Å²) in [6, 6.07) is 11.6. The van der Waals surface area contributed by atoms with Crippen LogP contribution in [0.4, 0.5) is 24.7 Å². The number of pyridine rings is 1. The van der Waals surface area contributed by atoms with Crippen LogP contribution < -0.4 is 20.3 Å². The molecule has 2 fully saturated rings. The van der Waals surface area contributed by atoms with E-state index in [0.717, 1.165) is 30.7 Å². The van der Waals surface area contributed by atoms with Gasteiger partial charge in [-0.2, -0.15) is 13.2 Å². The summed E-state index contributed by atoms with van der Waals surface area (Å²) in [5.41, 5.74) is -0.0427. The van der Waals surface area contributed by atoms with Crippen molar-refractivity contribution in [1.29, 1.82) is 0 Å². The maximum absolute atomic E-state index is 13.3. The average molecular weight is 611 g/mol. The standard InChI is InChI=1S/C30H26ClF3N6O3/c1-43-20-12-18(15-35-16-20)25-38-24-13-19(4-5-21(24)26(39-25)40-9-2-10-40)37-27(41)22-11-17(3-6-23(22)31)14-36-28(42)29(7-8-29)30(32,33)34/h3-6,11-13,15-16H,2,7-10,14H2,1H3,(H,36,42)(H,37,41). The van der Waals surface area contributed by atoms with E-state index in [4.69, 9.17) is 26.3 Å². The van der Waals surface area contributed by atoms with Crippen molar-refractivity contribution in [2.24, 2.45) is 5.41 Å². The Balaban J connectivity index is 1.24. The summed E-state index contributed by atoms with van der Waals surface area (Å²) in [7, 11) is 1.55. The number of amides is 2. The number of alkyl halides is 3. The van der Waals surface area contributed by atoms with Crippen molar-refractivity contribution in [2.75, 3.05) is 30.4 Å². The third-order valence-corrected chi connectivity index (χ3v) is 8.08. The van der Waals surface area contributed by atoms with Gasteiger partial charge in [-0.15, -0.1) is 0 Å². The molecule has 2 N–H and O–H groups in total. The summed E-state index contributed by atoms with van der Waals surface area (Å²) >= 11 is 6.31. The first-order chi connectivity index (χ1) is 20.6. The number of carbonyl (C=O) groups is 2. The Morgan fingerprint density at radius 3 is 2.53 bits per heavy atom. The summed E-state index contributed by atoms with van der Waals surface area (Å²) in [4.78, 5) is 41.4. The van der Waals surface area contributed by atoms with E-state index in [1.807, 2.05) is 6.07 Å². The fourth-order valence-corrected chi connectivity index (χ4v) is 5.12. The molecular weight excluding hydrogens is 585 g/mol. The minimum absolute atomic E-state index is 0.109. The van der Waals surface area contributed by atoms with E-state index in [0.29, 0.717) is 33.9 Å². The zero-order chi connectivity index (χ0) is 30.4. The van der Waals surface area contributed by atoms with Gasteiger partial charge < -0.3 is 20.3 Å². The lowest BCUT2D eigenvalue weighted by atomic mass is 10.1. The summed E-state index contributed by atoms with van der Waals surface area (Å²) in [6.07, 6.45) is -0.763. The number of benzene rings is 2. The fourth-order valence-electron chi connectivity index (χ4n) is 4.91. The maximum atomic E-state index is 13.3. The number of nitrogens with one attached hydrogen (secondary N) is 2. The molecule has 2 amide bonds. The number of rotatable bonds is 8. The van der Waals surface area contributed by atoms with E-state index >= 15 is 0 Å². The highest BCUT2D eigenvalue weighted by atomic mass is 35.5. The van der Waals surface area contributed by atoms with Gasteiger partial charge in [0.1, 0.15) is 17.0 Å². The number of aromatic nitrogens is 3. The molecule has 0 atom stereocenters. The van der Waals surface area contributed by atoms with Crippen molar-refractivity contribution in [2.45, 2.75) is 32.0 Å². The molecule has 0 radical (unpaired) electrons. The van der Waals surface area contributed by atoms with Gasteiger partial charge in [0.25, 0.3) is 5.91 Å². The Bertz CT molecular complexity index is 1740. The first-order valence-corrected chi connectivity index (χ1v) is 14.0. The van der Waals surface area contributed by atoms with Gasteiger partial charge in [0.2, 0.25) is 5.91 Å². The number of fused-ring (bicyclic) bond motifs is 1. The van der Waals surface area contributed by atoms with Crippen LogP contribution in [0.3, 0.4) is 0 Å². The highest BCUT2D eigenvalue weighted by Crippen LogP contribution is 2.57. The Hall–Kier alpha value is -4.45. The van der Waals surface area contributed by atoms with E-state index in [-0.39, 0.29) is 30.0 Å². The molecule has 0 unspecified atom stereocenters. The third-order valence-electron chi connectivity index (χ3n) is 7.75. The minimum Gasteiger partial charge on any atom is -0.495 e. The Morgan fingerprint density at radius 1 is 1.07 bits per heavy atom. The number of anilines is 2. The molecule has 2 aromatic heterocycles. The molecule has 6 rings (SSSR count). The van der Waals surface area contributed by atoms with Crippen LogP contribution in [0.15, 0.2) is 54.9 Å². The molecule has 1 aliphatic heterocycles. The second-order valence-corrected chi connectivity index (χ2v) is 11.0. The molecular formula is C30H26ClF3N6O3. The number of hydrogen-bond donors (Lipinski definition) is 2. The van der Waals surface area contributed by atoms with Crippen LogP contribution >= 0.6 is 11.6 Å². The predicted octanol–water partition coefficient (Wildman–Crippen LogP) is 5.77. The van der Waals surface area contributed by atoms with Crippen LogP contribution in [0.2, 0.25) is 5.02 Å². The first-order valence-electron chi connectivity index (χ1n) is 13.6. The topological polar surface area (TPSA) is 109 Å². The number of halogens is 4. The molecule has 3 heterocycles. The van der Waals surface area contributed by atoms with Crippen molar-refractivity contribution in [3.05, 3.63) is 71.0 Å². The molecule has 222 valence electrons. The molecule has 43 heavy (non-hydrogen) atoms. The molecule has 0 spiro atoms. The first kappa shape index (κ1) is 28.7. The van der Waals surface area contributed by atoms with Gasteiger partial charge >= 0.3 is 6.18 Å². The Kier molecular flexibility index (Phi) is 7.33. The van der Waals surface area contributed by atoms with Gasteiger partial charge in [-0.05, 0) is 61.2 Å². The summed E-state index contributed by atoms with van der Waals surface area (Å²) in [6.45, 7) is 1.56. The lowest BCUT2D eigenvalue weighted by molar-refractivity contribution is -0.192. The molecule has 1 saturated heterocycles. The normalized spacial score (nSPS) is 15.5. The Morgan fingerprint density at radius 2 is 1.86 bits per heavy atom. The molecule has 13 heteroatoms. The smallest absolute Gasteiger partial charge is 0.403 e. The maximum Gasteiger partial charge on any atom is 0.403 e. The number of ether oxygens (including phenoxy) is 1. The molecule has 1 aliphatic carbocycles. The quantitative estimate of drug-likeness (QED) is 0.260. The molecule has 2 aromatic carbocycles. The van der Waals surface area contributed by atoms with Crippen molar-refractivity contribution in [3.8, 4) is 17.1 Å². The molecule has 4 aromatic rings. The van der Waals surface area contributed by atoms with Crippen LogP contribution in [0, 0.1) is 5.41 Å². The van der Waals surface area contributed by atoms with E-state index < -0.39 is 23.4 Å². The van der Waals surface area contributed by atoms with Gasteiger partial charge in [-0.1, -0.05) is 17.7 Å². The molecule has 1 saturated carbocycles. The summed E-state index contributed by atoms with van der Waals surface area (Å²) < 4.78 is 45.1. The van der Waals surface area contributed by atoms with Gasteiger partial charge in [0.15, 0.2) is 5.82 Å². The fraction of sp³-hybridized carbons (Fsp3) is 0.300. The molecule has 0 bridgehead atoms. The number of carbonyl (C=O) groups excluding carboxylic acids is 2. The highest BCUT2D eigenvalue weighted by Gasteiger charge is 2.68. The van der Waals surface area contributed by atoms with Crippen molar-refractivity contribution >= 4 is 45.8 Å². The minimum atomic E-state index is -4.60. The van der Waals surface area contributed by atoms with Gasteiger partial charge in [0, 0.05) is 42.5 Å². The number of methoxy groups -OCH3 is 1. The van der Waals surface area contributed by atoms with E-state index in [9.17, 15) is 22.8 Å². The van der Waals surface area contributed by atoms with Crippen LogP contribution in [0.5, 0.6) is 5.75 Å². The number of hydrogen-bond acceptors (Lipinski definition) is 7. The van der Waals surface area contributed by atoms with E-state index in [1.165, 1.54) is 12.1 Å². The zero-order valence-electron chi connectivity index (χ0n) is 23.0. The lowest BCUT2D eigenvalue weighted by Crippen LogP contribution is -2.40. The van der Waals surface area contributed by atoms with Crippen molar-refractivity contribution < 1.29 is 27.5 Å². The van der Waals surface area contributed by atoms with E-state index in [2.05, 4.69) is 20.5 Å². The monoisotopic (exact) mass is 610 g/mol. The highest BCUT2D eigenvalue weighted by molar-refractivity contribution is 6.34. The van der Waals surface area contributed by atoms with Crippen molar-refractivity contribution in [1.82, 2.24) is 20.3 Å². The summed E-state index contributed by atoms with van der Waals surface area (Å²) in [5, 5.41) is 6.15. The average Bonchev–Trinajstić information content (AvgIpc) is 3.78. The van der Waals surface area contributed by atoms with Crippen LogP contribution in [0.1, 0.15) is 35.2 Å². The van der Waals surface area contributed by atoms with Gasteiger partial charge in [-0.3, -0.25) is 14.6 Å². The predicted molar refractivity (Wildman–Crippen MR) is 155 cm³/mol. The second-order valence-electron chi connectivity index (χ2n) is 10.6. The largest absolute Gasteiger partial charge is 0.495 e. The molecule has 9 nitrogen and oxygen atoms in total. The summed E-state index contributed by atoms with van der Waals surface area (Å²) in [5.74, 6) is 0.212. The third kappa shape index (κ3) is 5.54. The second kappa shape index (κ2) is 11.0. The zero-order valence-corrected chi connectivity index (χ0v) is 23.7. The Labute approximate surface area is 249 Å². The van der Waals surface area contributed by atoms with Gasteiger partial charge in [0.05, 0.1) is 29.4 Å². The van der Waals surface area contributed by atoms with Crippen LogP contribution in [-0.2, 0) is 11.3 Å². The SMILES string of the molecule is COc1cncc(-c2nc(N3CCC3)c3ccc(NC(=O)c4cc(CNC(=O)C5(C(F)(F)F)CC5)ccc4Cl)cc3n2)c1. The lowest BCUT2D eigenvalue weighted by Gasteiger charge is -2.33. The van der Waals surface area contributed by atoms with Crippen molar-refractivity contribution in [3.63, 3.8) is 0 Å². The number of nitrogens with zero attached hydrogens (tertiary/aromatic N) is 4. The van der Waals surface area contributed by atoms with E-state index in [1.54, 1.807) is 43.8 Å².